The number of rotatable bonds is 6. The van der Waals surface area contributed by atoms with Gasteiger partial charge in [0.1, 0.15) is 11.6 Å². The van der Waals surface area contributed by atoms with Crippen LogP contribution in [0, 0.1) is 23.7 Å². The average molecular weight is 299 g/mol. The lowest BCUT2D eigenvalue weighted by Gasteiger charge is -2.13. The van der Waals surface area contributed by atoms with Crippen LogP contribution >= 0.6 is 11.6 Å². The SMILES string of the molecule is CC(=O)CC1CCC(C(=O)CC2CCC(C(=O)Cl)C2)C1. The van der Waals surface area contributed by atoms with Crippen molar-refractivity contribution in [3.05, 3.63) is 0 Å². The van der Waals surface area contributed by atoms with Gasteiger partial charge in [-0.05, 0) is 68.9 Å². The van der Waals surface area contributed by atoms with E-state index in [0.29, 0.717) is 30.5 Å². The molecule has 2 aliphatic carbocycles. The first kappa shape index (κ1) is 15.7. The number of hydrogen-bond acceptors (Lipinski definition) is 3. The molecule has 0 bridgehead atoms. The second kappa shape index (κ2) is 6.84. The number of carbonyl (C=O) groups is 3. The number of carbonyl (C=O) groups excluding carboxylic acids is 3. The van der Waals surface area contributed by atoms with Crippen molar-refractivity contribution < 1.29 is 14.4 Å². The zero-order valence-electron chi connectivity index (χ0n) is 12.1. The summed E-state index contributed by atoms with van der Waals surface area (Å²) in [5.41, 5.74) is 0. The van der Waals surface area contributed by atoms with Gasteiger partial charge in [0.05, 0.1) is 0 Å². The highest BCUT2D eigenvalue weighted by Crippen LogP contribution is 2.38. The van der Waals surface area contributed by atoms with Crippen LogP contribution in [-0.4, -0.2) is 16.8 Å². The Kier molecular flexibility index (Phi) is 5.36. The van der Waals surface area contributed by atoms with Gasteiger partial charge in [0.25, 0.3) is 0 Å². The van der Waals surface area contributed by atoms with Gasteiger partial charge in [-0.25, -0.2) is 0 Å². The van der Waals surface area contributed by atoms with Crippen molar-refractivity contribution in [1.82, 2.24) is 0 Å². The predicted octanol–water partition coefficient (Wildman–Crippen LogP) is 3.52. The van der Waals surface area contributed by atoms with E-state index in [2.05, 4.69) is 0 Å². The van der Waals surface area contributed by atoms with E-state index in [9.17, 15) is 14.4 Å². The van der Waals surface area contributed by atoms with Crippen LogP contribution in [0.3, 0.4) is 0 Å². The molecule has 0 heterocycles. The van der Waals surface area contributed by atoms with E-state index in [-0.39, 0.29) is 22.9 Å². The Labute approximate surface area is 125 Å². The molecule has 4 atom stereocenters. The Bertz CT molecular complexity index is 405. The summed E-state index contributed by atoms with van der Waals surface area (Å²) < 4.78 is 0. The Morgan fingerprint density at radius 1 is 0.900 bits per heavy atom. The van der Waals surface area contributed by atoms with E-state index in [1.807, 2.05) is 0 Å². The van der Waals surface area contributed by atoms with Crippen LogP contribution in [0.2, 0.25) is 0 Å². The standard InChI is InChI=1S/C16H23ClO3/c1-10(18)6-11-2-4-13(7-11)15(19)9-12-3-5-14(8-12)16(17)20/h11-14H,2-9H2,1H3. The fourth-order valence-electron chi connectivity index (χ4n) is 3.88. The molecule has 2 aliphatic rings. The maximum Gasteiger partial charge on any atom is 0.224 e. The summed E-state index contributed by atoms with van der Waals surface area (Å²) in [7, 11) is 0. The molecule has 2 fully saturated rings. The van der Waals surface area contributed by atoms with Gasteiger partial charge in [-0.3, -0.25) is 9.59 Å². The van der Waals surface area contributed by atoms with Crippen molar-refractivity contribution in [2.24, 2.45) is 23.7 Å². The normalized spacial score (nSPS) is 33.3. The third kappa shape index (κ3) is 4.15. The quantitative estimate of drug-likeness (QED) is 0.705. The summed E-state index contributed by atoms with van der Waals surface area (Å²) in [5.74, 6) is 1.41. The molecule has 4 unspecified atom stereocenters. The molecule has 4 heteroatoms. The summed E-state index contributed by atoms with van der Waals surface area (Å²) in [4.78, 5) is 34.6. The second-order valence-corrected chi connectivity index (χ2v) is 7.01. The van der Waals surface area contributed by atoms with Crippen LogP contribution < -0.4 is 0 Å². The third-order valence-corrected chi connectivity index (χ3v) is 5.23. The van der Waals surface area contributed by atoms with Crippen molar-refractivity contribution in [3.63, 3.8) is 0 Å². The van der Waals surface area contributed by atoms with E-state index < -0.39 is 0 Å². The molecule has 20 heavy (non-hydrogen) atoms. The highest BCUT2D eigenvalue weighted by molar-refractivity contribution is 6.64. The van der Waals surface area contributed by atoms with Crippen molar-refractivity contribution in [2.45, 2.75) is 58.3 Å². The molecule has 0 amide bonds. The van der Waals surface area contributed by atoms with Gasteiger partial charge in [0, 0.05) is 24.7 Å². The fraction of sp³-hybridized carbons (Fsp3) is 0.812. The van der Waals surface area contributed by atoms with Crippen LogP contribution in [-0.2, 0) is 14.4 Å². The maximum atomic E-state index is 12.3. The van der Waals surface area contributed by atoms with E-state index in [4.69, 9.17) is 11.6 Å². The van der Waals surface area contributed by atoms with Gasteiger partial charge in [-0.15, -0.1) is 0 Å². The average Bonchev–Trinajstić information content (AvgIpc) is 2.97. The summed E-state index contributed by atoms with van der Waals surface area (Å²) in [5, 5.41) is -0.248. The van der Waals surface area contributed by atoms with Crippen LogP contribution in [0.15, 0.2) is 0 Å². The van der Waals surface area contributed by atoms with Crippen molar-refractivity contribution in [2.75, 3.05) is 0 Å². The van der Waals surface area contributed by atoms with E-state index in [1.54, 1.807) is 6.92 Å². The Balaban J connectivity index is 1.76. The molecular formula is C16H23ClO3. The molecule has 0 aliphatic heterocycles. The van der Waals surface area contributed by atoms with E-state index in [1.165, 1.54) is 0 Å². The first-order valence-corrected chi connectivity index (χ1v) is 8.05. The minimum Gasteiger partial charge on any atom is -0.300 e. The third-order valence-electron chi connectivity index (χ3n) is 4.92. The molecule has 0 aromatic heterocycles. The summed E-state index contributed by atoms with van der Waals surface area (Å²) in [6.45, 7) is 1.62. The Hall–Kier alpha value is -0.700. The summed E-state index contributed by atoms with van der Waals surface area (Å²) in [6.07, 6.45) is 6.58. The molecule has 2 rings (SSSR count). The first-order valence-electron chi connectivity index (χ1n) is 7.67. The van der Waals surface area contributed by atoms with Crippen LogP contribution in [0.1, 0.15) is 58.3 Å². The fourth-order valence-corrected chi connectivity index (χ4v) is 4.08. The Morgan fingerprint density at radius 2 is 1.45 bits per heavy atom. The molecule has 0 aromatic rings. The van der Waals surface area contributed by atoms with E-state index in [0.717, 1.165) is 38.5 Å². The lowest BCUT2D eigenvalue weighted by atomic mass is 9.90. The molecule has 0 radical (unpaired) electrons. The number of Topliss-reactive ketones (excluding diaryl/α,β-unsaturated/α-hetero) is 2. The van der Waals surface area contributed by atoms with Crippen LogP contribution in [0.4, 0.5) is 0 Å². The van der Waals surface area contributed by atoms with Crippen LogP contribution in [0.25, 0.3) is 0 Å². The zero-order chi connectivity index (χ0) is 14.7. The highest BCUT2D eigenvalue weighted by Gasteiger charge is 2.34. The summed E-state index contributed by atoms with van der Waals surface area (Å²) in [6, 6.07) is 0. The molecule has 112 valence electrons. The van der Waals surface area contributed by atoms with Crippen molar-refractivity contribution in [1.29, 1.82) is 0 Å². The van der Waals surface area contributed by atoms with E-state index >= 15 is 0 Å². The lowest BCUT2D eigenvalue weighted by molar-refractivity contribution is -0.124. The largest absolute Gasteiger partial charge is 0.300 e. The smallest absolute Gasteiger partial charge is 0.224 e. The van der Waals surface area contributed by atoms with Crippen molar-refractivity contribution >= 4 is 28.4 Å². The number of halogens is 1. The van der Waals surface area contributed by atoms with Gasteiger partial charge in [-0.2, -0.15) is 0 Å². The molecule has 0 N–H and O–H groups in total. The zero-order valence-corrected chi connectivity index (χ0v) is 12.8. The second-order valence-electron chi connectivity index (χ2n) is 6.63. The minimum absolute atomic E-state index is 0.0384. The minimum atomic E-state index is -0.248. The number of hydrogen-bond donors (Lipinski definition) is 0. The molecule has 2 saturated carbocycles. The topological polar surface area (TPSA) is 51.2 Å². The molecule has 0 aromatic carbocycles. The maximum absolute atomic E-state index is 12.3. The predicted molar refractivity (Wildman–Crippen MR) is 77.4 cm³/mol. The number of ketones is 2. The van der Waals surface area contributed by atoms with Gasteiger partial charge in [0.2, 0.25) is 5.24 Å². The van der Waals surface area contributed by atoms with Crippen molar-refractivity contribution in [3.8, 4) is 0 Å². The molecule has 3 nitrogen and oxygen atoms in total. The van der Waals surface area contributed by atoms with Crippen LogP contribution in [0.5, 0.6) is 0 Å². The molecular weight excluding hydrogens is 276 g/mol. The Morgan fingerprint density at radius 3 is 2.00 bits per heavy atom. The lowest BCUT2D eigenvalue weighted by Crippen LogP contribution is -2.16. The van der Waals surface area contributed by atoms with Gasteiger partial charge < -0.3 is 4.79 Å². The van der Waals surface area contributed by atoms with Gasteiger partial charge >= 0.3 is 0 Å². The highest BCUT2D eigenvalue weighted by atomic mass is 35.5. The molecule has 0 spiro atoms. The first-order chi connectivity index (χ1) is 9.45. The summed E-state index contributed by atoms with van der Waals surface area (Å²) >= 11 is 5.52. The van der Waals surface area contributed by atoms with Gasteiger partial charge in [-0.1, -0.05) is 0 Å². The monoisotopic (exact) mass is 298 g/mol. The van der Waals surface area contributed by atoms with Gasteiger partial charge in [0.15, 0.2) is 0 Å². The molecule has 0 saturated heterocycles.